The quantitative estimate of drug-likeness (QED) is 0.779. The number of hydrogen-bond donors (Lipinski definition) is 3. The van der Waals surface area contributed by atoms with Crippen molar-refractivity contribution in [3.05, 3.63) is 30.3 Å². The Morgan fingerprint density at radius 3 is 2.29 bits per heavy atom. The Morgan fingerprint density at radius 1 is 1.04 bits per heavy atom. The van der Waals surface area contributed by atoms with E-state index in [0.29, 0.717) is 32.4 Å². The van der Waals surface area contributed by atoms with E-state index in [0.717, 1.165) is 5.69 Å². The first-order valence-corrected chi connectivity index (χ1v) is 8.19. The lowest BCUT2D eigenvalue weighted by Gasteiger charge is -2.32. The van der Waals surface area contributed by atoms with Gasteiger partial charge in [0, 0.05) is 24.8 Å². The molecule has 0 bridgehead atoms. The van der Waals surface area contributed by atoms with Gasteiger partial charge in [-0.15, -0.1) is 0 Å². The maximum atomic E-state index is 12.2. The number of nitrogens with one attached hydrogen (secondary N) is 2. The van der Waals surface area contributed by atoms with E-state index in [1.165, 1.54) is 0 Å². The molecule has 128 valence electrons. The van der Waals surface area contributed by atoms with Crippen LogP contribution in [0, 0.1) is 11.8 Å². The molecule has 1 aliphatic carbocycles. The number of urea groups is 1. The summed E-state index contributed by atoms with van der Waals surface area (Å²) in [6.45, 7) is 1.11. The van der Waals surface area contributed by atoms with E-state index in [-0.39, 0.29) is 23.9 Å². The van der Waals surface area contributed by atoms with Gasteiger partial charge in [0.05, 0.1) is 11.8 Å². The van der Waals surface area contributed by atoms with E-state index >= 15 is 0 Å². The number of carboxylic acids is 1. The Hall–Kier alpha value is -2.57. The number of nitrogens with zero attached hydrogens (tertiary/aromatic N) is 1. The van der Waals surface area contributed by atoms with Gasteiger partial charge in [-0.3, -0.25) is 9.59 Å². The lowest BCUT2D eigenvalue weighted by Crippen LogP contribution is -2.48. The van der Waals surface area contributed by atoms with E-state index < -0.39 is 11.9 Å². The van der Waals surface area contributed by atoms with Gasteiger partial charge in [-0.2, -0.15) is 0 Å². The van der Waals surface area contributed by atoms with E-state index in [1.54, 1.807) is 4.90 Å². The van der Waals surface area contributed by atoms with Crippen molar-refractivity contribution in [2.45, 2.75) is 25.3 Å². The standard InChI is InChI=1S/C17H21N3O4/c21-15(13-10-14(13)16(22)23)20-8-6-12(7-9-20)19-17(24)18-11-4-2-1-3-5-11/h1-5,12-14H,6-10H2,(H,22,23)(H2,18,19,24)/t13-,14-/m1/s1. The molecular weight excluding hydrogens is 310 g/mol. The highest BCUT2D eigenvalue weighted by Crippen LogP contribution is 2.40. The summed E-state index contributed by atoms with van der Waals surface area (Å²) in [7, 11) is 0. The number of rotatable bonds is 4. The lowest BCUT2D eigenvalue weighted by molar-refractivity contribution is -0.142. The molecule has 7 nitrogen and oxygen atoms in total. The second-order valence-corrected chi connectivity index (χ2v) is 6.35. The van der Waals surface area contributed by atoms with Crippen LogP contribution in [0.25, 0.3) is 0 Å². The highest BCUT2D eigenvalue weighted by molar-refractivity contribution is 5.90. The van der Waals surface area contributed by atoms with Gasteiger partial charge in [0.15, 0.2) is 0 Å². The molecule has 7 heteroatoms. The molecular formula is C17H21N3O4. The lowest BCUT2D eigenvalue weighted by atomic mass is 10.0. The van der Waals surface area contributed by atoms with Crippen molar-refractivity contribution in [2.75, 3.05) is 18.4 Å². The number of carbonyl (C=O) groups is 3. The predicted molar refractivity (Wildman–Crippen MR) is 87.4 cm³/mol. The van der Waals surface area contributed by atoms with Gasteiger partial charge in [-0.25, -0.2) is 4.79 Å². The zero-order valence-corrected chi connectivity index (χ0v) is 13.3. The van der Waals surface area contributed by atoms with Gasteiger partial charge in [0.25, 0.3) is 0 Å². The molecule has 2 fully saturated rings. The SMILES string of the molecule is O=C(Nc1ccccc1)NC1CCN(C(=O)[C@@H]2C[C@H]2C(=O)O)CC1. The number of anilines is 1. The fourth-order valence-corrected chi connectivity index (χ4v) is 3.09. The minimum absolute atomic E-state index is 0.0206. The first kappa shape index (κ1) is 16.3. The van der Waals surface area contributed by atoms with Crippen LogP contribution in [-0.4, -0.2) is 47.0 Å². The third kappa shape index (κ3) is 3.84. The number of para-hydroxylation sites is 1. The van der Waals surface area contributed by atoms with Gasteiger partial charge in [0.2, 0.25) is 5.91 Å². The summed E-state index contributed by atoms with van der Waals surface area (Å²) in [5, 5.41) is 14.6. The minimum Gasteiger partial charge on any atom is -0.481 e. The van der Waals surface area contributed by atoms with Gasteiger partial charge in [-0.05, 0) is 31.4 Å². The smallest absolute Gasteiger partial charge is 0.319 e. The van der Waals surface area contributed by atoms with Crippen molar-refractivity contribution in [1.82, 2.24) is 10.2 Å². The molecule has 3 rings (SSSR count). The van der Waals surface area contributed by atoms with Crippen LogP contribution >= 0.6 is 0 Å². The Morgan fingerprint density at radius 2 is 1.71 bits per heavy atom. The molecule has 0 unspecified atom stereocenters. The largest absolute Gasteiger partial charge is 0.481 e. The highest BCUT2D eigenvalue weighted by atomic mass is 16.4. The van der Waals surface area contributed by atoms with Crippen LogP contribution in [0.1, 0.15) is 19.3 Å². The minimum atomic E-state index is -0.887. The topological polar surface area (TPSA) is 98.7 Å². The van der Waals surface area contributed by atoms with E-state index in [1.807, 2.05) is 30.3 Å². The molecule has 1 aliphatic heterocycles. The maximum absolute atomic E-state index is 12.2. The predicted octanol–water partition coefficient (Wildman–Crippen LogP) is 1.52. The average Bonchev–Trinajstić information content (AvgIpc) is 3.36. The normalized spacial score (nSPS) is 23.4. The Balaban J connectivity index is 1.41. The molecule has 1 saturated carbocycles. The van der Waals surface area contributed by atoms with Crippen LogP contribution < -0.4 is 10.6 Å². The van der Waals surface area contributed by atoms with Crippen molar-refractivity contribution in [3.8, 4) is 0 Å². The highest BCUT2D eigenvalue weighted by Gasteiger charge is 2.50. The third-order valence-electron chi connectivity index (χ3n) is 4.60. The van der Waals surface area contributed by atoms with E-state index in [9.17, 15) is 14.4 Å². The zero-order chi connectivity index (χ0) is 17.1. The molecule has 2 aliphatic rings. The summed E-state index contributed by atoms with van der Waals surface area (Å²) in [6.07, 6.45) is 1.81. The molecule has 24 heavy (non-hydrogen) atoms. The number of aliphatic carboxylic acids is 1. The molecule has 1 heterocycles. The summed E-state index contributed by atoms with van der Waals surface area (Å²) in [5.74, 6) is -1.81. The number of piperidine rings is 1. The van der Waals surface area contributed by atoms with Gasteiger partial charge in [-0.1, -0.05) is 18.2 Å². The Kier molecular flexibility index (Phi) is 4.69. The second-order valence-electron chi connectivity index (χ2n) is 6.35. The van der Waals surface area contributed by atoms with Crippen LogP contribution in [0.15, 0.2) is 30.3 Å². The van der Waals surface area contributed by atoms with Crippen molar-refractivity contribution in [3.63, 3.8) is 0 Å². The van der Waals surface area contributed by atoms with Crippen LogP contribution in [0.5, 0.6) is 0 Å². The summed E-state index contributed by atoms with van der Waals surface area (Å²) >= 11 is 0. The van der Waals surface area contributed by atoms with Crippen LogP contribution in [0.4, 0.5) is 10.5 Å². The van der Waals surface area contributed by atoms with Gasteiger partial charge < -0.3 is 20.6 Å². The van der Waals surface area contributed by atoms with Crippen molar-refractivity contribution in [2.24, 2.45) is 11.8 Å². The molecule has 0 radical (unpaired) electrons. The molecule has 1 saturated heterocycles. The van der Waals surface area contributed by atoms with E-state index in [4.69, 9.17) is 5.11 Å². The number of amides is 3. The molecule has 2 atom stereocenters. The number of hydrogen-bond acceptors (Lipinski definition) is 3. The molecule has 1 aromatic carbocycles. The first-order valence-electron chi connectivity index (χ1n) is 8.19. The Bertz CT molecular complexity index is 626. The number of likely N-dealkylation sites (tertiary alicyclic amines) is 1. The second kappa shape index (κ2) is 6.90. The zero-order valence-electron chi connectivity index (χ0n) is 13.3. The van der Waals surface area contributed by atoms with Crippen LogP contribution in [-0.2, 0) is 9.59 Å². The number of benzene rings is 1. The summed E-state index contributed by atoms with van der Waals surface area (Å²) in [6, 6.07) is 8.98. The summed E-state index contributed by atoms with van der Waals surface area (Å²) in [5.41, 5.74) is 0.732. The number of carboxylic acid groups (broad SMARTS) is 1. The summed E-state index contributed by atoms with van der Waals surface area (Å²) in [4.78, 5) is 36.8. The molecule has 3 N–H and O–H groups in total. The number of carbonyl (C=O) groups excluding carboxylic acids is 2. The first-order chi connectivity index (χ1) is 11.5. The fourth-order valence-electron chi connectivity index (χ4n) is 3.09. The Labute approximate surface area is 140 Å². The van der Waals surface area contributed by atoms with Gasteiger partial charge in [0.1, 0.15) is 0 Å². The molecule has 1 aromatic rings. The maximum Gasteiger partial charge on any atom is 0.319 e. The third-order valence-corrected chi connectivity index (χ3v) is 4.60. The van der Waals surface area contributed by atoms with Crippen LogP contribution in [0.3, 0.4) is 0 Å². The van der Waals surface area contributed by atoms with Crippen LogP contribution in [0.2, 0.25) is 0 Å². The monoisotopic (exact) mass is 331 g/mol. The van der Waals surface area contributed by atoms with E-state index in [2.05, 4.69) is 10.6 Å². The molecule has 0 spiro atoms. The van der Waals surface area contributed by atoms with Gasteiger partial charge >= 0.3 is 12.0 Å². The molecule has 0 aromatic heterocycles. The average molecular weight is 331 g/mol. The van der Waals surface area contributed by atoms with Crippen molar-refractivity contribution in [1.29, 1.82) is 0 Å². The van der Waals surface area contributed by atoms with Crippen molar-refractivity contribution >= 4 is 23.6 Å². The van der Waals surface area contributed by atoms with Crippen molar-refractivity contribution < 1.29 is 19.5 Å². The summed E-state index contributed by atoms with van der Waals surface area (Å²) < 4.78 is 0. The molecule has 3 amide bonds. The fraction of sp³-hybridized carbons (Fsp3) is 0.471.